The Labute approximate surface area is 138 Å². The molecule has 0 saturated carbocycles. The van der Waals surface area contributed by atoms with Gasteiger partial charge in [-0.2, -0.15) is 0 Å². The van der Waals surface area contributed by atoms with Crippen LogP contribution in [0.5, 0.6) is 0 Å². The minimum absolute atomic E-state index is 0.277. The van der Waals surface area contributed by atoms with Gasteiger partial charge in [0.05, 0.1) is 0 Å². The maximum atomic E-state index is 12.8. The van der Waals surface area contributed by atoms with E-state index in [1.165, 1.54) is 32.1 Å². The van der Waals surface area contributed by atoms with Gasteiger partial charge in [-0.3, -0.25) is 4.79 Å². The van der Waals surface area contributed by atoms with Gasteiger partial charge in [0.15, 0.2) is 0 Å². The predicted octanol–water partition coefficient (Wildman–Crippen LogP) is 5.29. The van der Waals surface area contributed by atoms with Crippen molar-refractivity contribution in [3.63, 3.8) is 0 Å². The summed E-state index contributed by atoms with van der Waals surface area (Å²) >= 11 is 0. The monoisotopic (exact) mass is 307 g/mol. The number of hydrogen-bond donors (Lipinski definition) is 0. The van der Waals surface area contributed by atoms with Gasteiger partial charge < -0.3 is 4.90 Å². The van der Waals surface area contributed by atoms with Crippen LogP contribution >= 0.6 is 0 Å². The van der Waals surface area contributed by atoms with Crippen molar-refractivity contribution >= 4 is 5.91 Å². The molecule has 0 N–H and O–H groups in total. The second-order valence-electron chi connectivity index (χ2n) is 8.51. The van der Waals surface area contributed by atoms with Crippen LogP contribution in [0.2, 0.25) is 0 Å². The molecule has 2 atom stereocenters. The van der Waals surface area contributed by atoms with Gasteiger partial charge >= 0.3 is 0 Å². The molecule has 1 rings (SSSR count). The Kier molecular flexibility index (Phi) is 7.65. The zero-order chi connectivity index (χ0) is 16.8. The molecule has 1 amide bonds. The fraction of sp³-hybridized carbons (Fsp3) is 0.850. The van der Waals surface area contributed by atoms with Crippen molar-refractivity contribution in [1.82, 2.24) is 4.90 Å². The minimum Gasteiger partial charge on any atom is -0.342 e. The van der Waals surface area contributed by atoms with Crippen molar-refractivity contribution < 1.29 is 4.79 Å². The second-order valence-corrected chi connectivity index (χ2v) is 8.51. The Balaban J connectivity index is 2.68. The van der Waals surface area contributed by atoms with Crippen molar-refractivity contribution in [2.75, 3.05) is 13.1 Å². The maximum Gasteiger partial charge on any atom is 0.227 e. The summed E-state index contributed by atoms with van der Waals surface area (Å²) in [5, 5.41) is 0. The highest BCUT2D eigenvalue weighted by molar-refractivity contribution is 5.81. The summed E-state index contributed by atoms with van der Waals surface area (Å²) < 4.78 is 0. The molecule has 0 aromatic heterocycles. The highest BCUT2D eigenvalue weighted by Crippen LogP contribution is 2.28. The SMILES string of the molecule is CCC(CC1CC=CCC1)CN(CC(C)C)C(=O)C(C)(C)C. The maximum absolute atomic E-state index is 12.8. The van der Waals surface area contributed by atoms with E-state index >= 15 is 0 Å². The van der Waals surface area contributed by atoms with E-state index in [-0.39, 0.29) is 5.41 Å². The average Bonchev–Trinajstić information content (AvgIpc) is 2.44. The Hall–Kier alpha value is -0.790. The van der Waals surface area contributed by atoms with Crippen LogP contribution in [0.25, 0.3) is 0 Å². The molecule has 2 nitrogen and oxygen atoms in total. The quantitative estimate of drug-likeness (QED) is 0.585. The van der Waals surface area contributed by atoms with E-state index in [9.17, 15) is 4.79 Å². The molecule has 1 aliphatic carbocycles. The number of carbonyl (C=O) groups excluding carboxylic acids is 1. The van der Waals surface area contributed by atoms with Crippen LogP contribution in [0.1, 0.15) is 73.6 Å². The summed E-state index contributed by atoms with van der Waals surface area (Å²) in [6, 6.07) is 0. The first kappa shape index (κ1) is 19.3. The topological polar surface area (TPSA) is 20.3 Å². The minimum atomic E-state index is -0.277. The number of amides is 1. The molecular formula is C20H37NO. The molecule has 128 valence electrons. The van der Waals surface area contributed by atoms with E-state index in [0.29, 0.717) is 17.7 Å². The van der Waals surface area contributed by atoms with E-state index in [1.807, 2.05) is 20.8 Å². The number of nitrogens with zero attached hydrogens (tertiary/aromatic N) is 1. The summed E-state index contributed by atoms with van der Waals surface area (Å²) in [6.45, 7) is 14.6. The summed E-state index contributed by atoms with van der Waals surface area (Å²) in [7, 11) is 0. The van der Waals surface area contributed by atoms with Crippen molar-refractivity contribution in [2.24, 2.45) is 23.2 Å². The lowest BCUT2D eigenvalue weighted by Gasteiger charge is -2.34. The lowest BCUT2D eigenvalue weighted by Crippen LogP contribution is -2.44. The van der Waals surface area contributed by atoms with Crippen LogP contribution in [0, 0.1) is 23.2 Å². The highest BCUT2D eigenvalue weighted by atomic mass is 16.2. The predicted molar refractivity (Wildman–Crippen MR) is 95.8 cm³/mol. The normalized spacial score (nSPS) is 20.2. The van der Waals surface area contributed by atoms with Gasteiger partial charge in [-0.05, 0) is 43.4 Å². The molecule has 0 bridgehead atoms. The molecule has 0 spiro atoms. The summed E-state index contributed by atoms with van der Waals surface area (Å²) in [5.74, 6) is 2.30. The third-order valence-electron chi connectivity index (χ3n) is 4.61. The van der Waals surface area contributed by atoms with E-state index < -0.39 is 0 Å². The van der Waals surface area contributed by atoms with Gasteiger partial charge in [-0.25, -0.2) is 0 Å². The first-order valence-electron chi connectivity index (χ1n) is 9.18. The number of carbonyl (C=O) groups is 1. The van der Waals surface area contributed by atoms with Gasteiger partial charge in [-0.1, -0.05) is 60.1 Å². The largest absolute Gasteiger partial charge is 0.342 e. The highest BCUT2D eigenvalue weighted by Gasteiger charge is 2.29. The molecule has 0 aromatic carbocycles. The van der Waals surface area contributed by atoms with Crippen LogP contribution in [0.3, 0.4) is 0 Å². The number of allylic oxidation sites excluding steroid dienone is 2. The standard InChI is InChI=1S/C20H37NO/c1-7-17(13-18-11-9-8-10-12-18)15-21(14-16(2)3)19(22)20(4,5)6/h8-9,16-18H,7,10-15H2,1-6H3. The Morgan fingerprint density at radius 1 is 1.23 bits per heavy atom. The number of rotatable bonds is 7. The Morgan fingerprint density at radius 2 is 1.91 bits per heavy atom. The lowest BCUT2D eigenvalue weighted by atomic mass is 9.84. The van der Waals surface area contributed by atoms with Crippen LogP contribution in [-0.4, -0.2) is 23.9 Å². The van der Waals surface area contributed by atoms with Gasteiger partial charge in [0, 0.05) is 18.5 Å². The molecule has 22 heavy (non-hydrogen) atoms. The zero-order valence-electron chi connectivity index (χ0n) is 15.7. The molecule has 2 heteroatoms. The van der Waals surface area contributed by atoms with Crippen LogP contribution in [0.4, 0.5) is 0 Å². The smallest absolute Gasteiger partial charge is 0.227 e. The van der Waals surface area contributed by atoms with Crippen LogP contribution in [-0.2, 0) is 4.79 Å². The third-order valence-corrected chi connectivity index (χ3v) is 4.61. The Morgan fingerprint density at radius 3 is 2.36 bits per heavy atom. The van der Waals surface area contributed by atoms with Gasteiger partial charge in [0.2, 0.25) is 5.91 Å². The Bertz CT molecular complexity index is 364. The molecule has 0 aliphatic heterocycles. The molecule has 0 saturated heterocycles. The first-order valence-corrected chi connectivity index (χ1v) is 9.18. The van der Waals surface area contributed by atoms with Crippen LogP contribution in [0.15, 0.2) is 12.2 Å². The average molecular weight is 308 g/mol. The molecule has 0 fully saturated rings. The third kappa shape index (κ3) is 6.54. The van der Waals surface area contributed by atoms with Gasteiger partial charge in [0.25, 0.3) is 0 Å². The van der Waals surface area contributed by atoms with E-state index in [4.69, 9.17) is 0 Å². The van der Waals surface area contributed by atoms with E-state index in [0.717, 1.165) is 19.0 Å². The summed E-state index contributed by atoms with van der Waals surface area (Å²) in [6.07, 6.45) is 10.9. The van der Waals surface area contributed by atoms with Crippen molar-refractivity contribution in [3.8, 4) is 0 Å². The molecule has 0 radical (unpaired) electrons. The fourth-order valence-electron chi connectivity index (χ4n) is 3.38. The van der Waals surface area contributed by atoms with Crippen molar-refractivity contribution in [1.29, 1.82) is 0 Å². The molecule has 1 aliphatic rings. The number of hydrogen-bond acceptors (Lipinski definition) is 1. The molecule has 2 unspecified atom stereocenters. The summed E-state index contributed by atoms with van der Waals surface area (Å²) in [4.78, 5) is 14.9. The summed E-state index contributed by atoms with van der Waals surface area (Å²) in [5.41, 5.74) is -0.277. The zero-order valence-corrected chi connectivity index (χ0v) is 15.7. The van der Waals surface area contributed by atoms with Crippen LogP contribution < -0.4 is 0 Å². The van der Waals surface area contributed by atoms with E-state index in [2.05, 4.69) is 37.8 Å². The lowest BCUT2D eigenvalue weighted by molar-refractivity contribution is -0.140. The van der Waals surface area contributed by atoms with Gasteiger partial charge in [0.1, 0.15) is 0 Å². The van der Waals surface area contributed by atoms with Crippen molar-refractivity contribution in [3.05, 3.63) is 12.2 Å². The fourth-order valence-corrected chi connectivity index (χ4v) is 3.38. The van der Waals surface area contributed by atoms with E-state index in [1.54, 1.807) is 0 Å². The molecule has 0 heterocycles. The first-order chi connectivity index (χ1) is 10.2. The van der Waals surface area contributed by atoms with Crippen molar-refractivity contribution in [2.45, 2.75) is 73.6 Å². The molecule has 0 aromatic rings. The van der Waals surface area contributed by atoms with Gasteiger partial charge in [-0.15, -0.1) is 0 Å². The second kappa shape index (κ2) is 8.74. The molecular weight excluding hydrogens is 270 g/mol.